The van der Waals surface area contributed by atoms with Gasteiger partial charge in [-0.3, -0.25) is 0 Å². The second kappa shape index (κ2) is 8.30. The van der Waals surface area contributed by atoms with Crippen molar-refractivity contribution in [3.63, 3.8) is 0 Å². The summed E-state index contributed by atoms with van der Waals surface area (Å²) in [6, 6.07) is 0. The highest BCUT2D eigenvalue weighted by Crippen LogP contribution is 2.13. The Balaban J connectivity index is 4.19. The van der Waals surface area contributed by atoms with Crippen LogP contribution in [0.25, 0.3) is 0 Å². The minimum Gasteiger partial charge on any atom is -0.302 e. The van der Waals surface area contributed by atoms with Crippen molar-refractivity contribution in [1.29, 1.82) is 0 Å². The van der Waals surface area contributed by atoms with Crippen LogP contribution in [0.15, 0.2) is 37.0 Å². The van der Waals surface area contributed by atoms with E-state index in [0.29, 0.717) is 11.8 Å². The fourth-order valence-electron chi connectivity index (χ4n) is 1.89. The molecule has 0 unspecified atom stereocenters. The lowest BCUT2D eigenvalue weighted by molar-refractivity contribution is 0.222. The number of nitrogens with zero attached hydrogens (tertiary/aromatic N) is 1. The van der Waals surface area contributed by atoms with Gasteiger partial charge in [-0.05, 0) is 29.4 Å². The number of hydrogen-bond donors (Lipinski definition) is 0. The Bertz CT molecular complexity index is 251. The van der Waals surface area contributed by atoms with Gasteiger partial charge in [0.15, 0.2) is 0 Å². The topological polar surface area (TPSA) is 3.24 Å². The predicted octanol–water partition coefficient (Wildman–Crippen LogP) is 4.29. The molecule has 0 aromatic rings. The van der Waals surface area contributed by atoms with Crippen molar-refractivity contribution in [1.82, 2.24) is 4.90 Å². The minimum absolute atomic E-state index is 0.713. The first-order valence-electron chi connectivity index (χ1n) is 6.58. The predicted molar refractivity (Wildman–Crippen MR) is 79.2 cm³/mol. The zero-order valence-electron chi connectivity index (χ0n) is 12.1. The standard InChI is InChI=1S/C16H29N/c1-8-15(6)16(7)9-10-17(11-13(2)3)12-14(4)5/h8,13-14H,1,6-7,9-12H2,2-5H3. The molecule has 0 aromatic carbocycles. The summed E-state index contributed by atoms with van der Waals surface area (Å²) < 4.78 is 0. The molecule has 0 radical (unpaired) electrons. The molecule has 0 aliphatic rings. The van der Waals surface area contributed by atoms with Crippen LogP contribution in [0, 0.1) is 11.8 Å². The molecular formula is C16H29N. The Morgan fingerprint density at radius 3 is 1.88 bits per heavy atom. The maximum Gasteiger partial charge on any atom is 0.00220 e. The number of hydrogen-bond acceptors (Lipinski definition) is 1. The minimum atomic E-state index is 0.713. The fourth-order valence-corrected chi connectivity index (χ4v) is 1.89. The summed E-state index contributed by atoms with van der Waals surface area (Å²) in [6.45, 7) is 24.2. The first-order valence-corrected chi connectivity index (χ1v) is 6.58. The molecule has 0 N–H and O–H groups in total. The molecule has 0 saturated heterocycles. The maximum atomic E-state index is 4.06. The van der Waals surface area contributed by atoms with Gasteiger partial charge in [-0.2, -0.15) is 0 Å². The highest BCUT2D eigenvalue weighted by molar-refractivity contribution is 5.33. The van der Waals surface area contributed by atoms with Gasteiger partial charge in [-0.15, -0.1) is 0 Å². The number of allylic oxidation sites excluding steroid dienone is 2. The van der Waals surface area contributed by atoms with E-state index >= 15 is 0 Å². The average Bonchev–Trinajstić information content (AvgIpc) is 2.22. The molecule has 0 heterocycles. The zero-order valence-corrected chi connectivity index (χ0v) is 12.1. The Hall–Kier alpha value is -0.820. The molecule has 17 heavy (non-hydrogen) atoms. The van der Waals surface area contributed by atoms with Crippen LogP contribution in [-0.2, 0) is 0 Å². The van der Waals surface area contributed by atoms with Crippen LogP contribution in [0.1, 0.15) is 34.1 Å². The van der Waals surface area contributed by atoms with Crippen LogP contribution in [0.5, 0.6) is 0 Å². The van der Waals surface area contributed by atoms with Gasteiger partial charge in [0.25, 0.3) is 0 Å². The lowest BCUT2D eigenvalue weighted by atomic mass is 10.1. The molecule has 0 amide bonds. The maximum absolute atomic E-state index is 4.06. The summed E-state index contributed by atoms with van der Waals surface area (Å²) in [6.07, 6.45) is 2.78. The van der Waals surface area contributed by atoms with Crippen molar-refractivity contribution in [3.05, 3.63) is 37.0 Å². The van der Waals surface area contributed by atoms with Crippen LogP contribution in [-0.4, -0.2) is 24.5 Å². The van der Waals surface area contributed by atoms with E-state index in [2.05, 4.69) is 52.3 Å². The molecule has 0 rings (SSSR count). The Kier molecular flexibility index (Phi) is 7.90. The average molecular weight is 235 g/mol. The van der Waals surface area contributed by atoms with Crippen LogP contribution in [0.3, 0.4) is 0 Å². The lowest BCUT2D eigenvalue weighted by Crippen LogP contribution is -2.32. The van der Waals surface area contributed by atoms with Gasteiger partial charge in [0.1, 0.15) is 0 Å². The zero-order chi connectivity index (χ0) is 13.4. The van der Waals surface area contributed by atoms with Crippen LogP contribution in [0.2, 0.25) is 0 Å². The summed E-state index contributed by atoms with van der Waals surface area (Å²) in [5.74, 6) is 1.43. The van der Waals surface area contributed by atoms with Crippen LogP contribution < -0.4 is 0 Å². The molecule has 98 valence electrons. The lowest BCUT2D eigenvalue weighted by Gasteiger charge is -2.26. The largest absolute Gasteiger partial charge is 0.302 e. The first-order chi connectivity index (χ1) is 7.86. The highest BCUT2D eigenvalue weighted by Gasteiger charge is 2.10. The smallest absolute Gasteiger partial charge is 0.00220 e. The molecule has 0 aliphatic heterocycles. The Morgan fingerprint density at radius 1 is 1.06 bits per heavy atom. The molecule has 0 spiro atoms. The molecule has 0 saturated carbocycles. The van der Waals surface area contributed by atoms with Crippen molar-refractivity contribution in [2.45, 2.75) is 34.1 Å². The van der Waals surface area contributed by atoms with Gasteiger partial charge in [0, 0.05) is 19.6 Å². The van der Waals surface area contributed by atoms with Gasteiger partial charge < -0.3 is 4.90 Å². The second-order valence-electron chi connectivity index (χ2n) is 5.63. The van der Waals surface area contributed by atoms with E-state index in [1.165, 1.54) is 0 Å². The van der Waals surface area contributed by atoms with Crippen molar-refractivity contribution < 1.29 is 0 Å². The van der Waals surface area contributed by atoms with Gasteiger partial charge in [-0.25, -0.2) is 0 Å². The van der Waals surface area contributed by atoms with Crippen molar-refractivity contribution in [2.24, 2.45) is 11.8 Å². The van der Waals surface area contributed by atoms with Crippen LogP contribution in [0.4, 0.5) is 0 Å². The van der Waals surface area contributed by atoms with E-state index in [0.717, 1.165) is 37.2 Å². The van der Waals surface area contributed by atoms with E-state index in [4.69, 9.17) is 0 Å². The van der Waals surface area contributed by atoms with Crippen molar-refractivity contribution in [3.8, 4) is 0 Å². The molecule has 1 nitrogen and oxygen atoms in total. The normalized spacial score (nSPS) is 11.2. The van der Waals surface area contributed by atoms with Gasteiger partial charge >= 0.3 is 0 Å². The summed E-state index contributed by atoms with van der Waals surface area (Å²) in [7, 11) is 0. The van der Waals surface area contributed by atoms with E-state index in [9.17, 15) is 0 Å². The molecule has 0 aliphatic carbocycles. The monoisotopic (exact) mass is 235 g/mol. The number of rotatable bonds is 9. The van der Waals surface area contributed by atoms with Crippen molar-refractivity contribution >= 4 is 0 Å². The molecule has 0 atom stereocenters. The summed E-state index contributed by atoms with van der Waals surface area (Å²) in [5, 5.41) is 0. The van der Waals surface area contributed by atoms with Crippen molar-refractivity contribution in [2.75, 3.05) is 19.6 Å². The third-order valence-electron chi connectivity index (χ3n) is 2.68. The molecule has 1 heteroatoms. The van der Waals surface area contributed by atoms with E-state index < -0.39 is 0 Å². The molecular weight excluding hydrogens is 206 g/mol. The quantitative estimate of drug-likeness (QED) is 0.539. The highest BCUT2D eigenvalue weighted by atomic mass is 15.1. The molecule has 0 aromatic heterocycles. The fraction of sp³-hybridized carbons (Fsp3) is 0.625. The Morgan fingerprint density at radius 2 is 1.53 bits per heavy atom. The van der Waals surface area contributed by atoms with Crippen LogP contribution >= 0.6 is 0 Å². The van der Waals surface area contributed by atoms with Gasteiger partial charge in [-0.1, -0.05) is 53.5 Å². The first kappa shape index (κ1) is 16.2. The van der Waals surface area contributed by atoms with E-state index in [1.807, 2.05) is 0 Å². The SMILES string of the molecule is C=CC(=C)C(=C)CCN(CC(C)C)CC(C)C. The van der Waals surface area contributed by atoms with Gasteiger partial charge in [0.05, 0.1) is 0 Å². The van der Waals surface area contributed by atoms with Gasteiger partial charge in [0.2, 0.25) is 0 Å². The Labute approximate surface area is 108 Å². The summed E-state index contributed by atoms with van der Waals surface area (Å²) >= 11 is 0. The third kappa shape index (κ3) is 7.98. The third-order valence-corrected chi connectivity index (χ3v) is 2.68. The second-order valence-corrected chi connectivity index (χ2v) is 5.63. The van der Waals surface area contributed by atoms with E-state index in [-0.39, 0.29) is 0 Å². The summed E-state index contributed by atoms with van der Waals surface area (Å²) in [5.41, 5.74) is 2.08. The molecule has 0 fully saturated rings. The van der Waals surface area contributed by atoms with E-state index in [1.54, 1.807) is 6.08 Å². The molecule has 0 bridgehead atoms. The summed E-state index contributed by atoms with van der Waals surface area (Å²) in [4.78, 5) is 2.52.